The van der Waals surface area contributed by atoms with Crippen molar-refractivity contribution in [3.05, 3.63) is 148 Å². The zero-order valence-electron chi connectivity index (χ0n) is 77.3. The Kier molecular flexibility index (Phi) is 40.0. The molecule has 5 aliphatic rings. The minimum absolute atomic E-state index is 0.0468. The number of aromatic nitrogens is 1. The molecule has 4 fully saturated rings. The van der Waals surface area contributed by atoms with Gasteiger partial charge in [0.15, 0.2) is 5.72 Å². The molecule has 18 atom stereocenters. The van der Waals surface area contributed by atoms with E-state index in [0.29, 0.717) is 46.1 Å². The van der Waals surface area contributed by atoms with E-state index in [9.17, 15) is 63.6 Å². The smallest absolute Gasteiger partial charge is 0.409 e. The average Bonchev–Trinajstić information content (AvgIpc) is 1.57. The van der Waals surface area contributed by atoms with Crippen LogP contribution in [0.3, 0.4) is 0 Å². The van der Waals surface area contributed by atoms with Gasteiger partial charge in [0, 0.05) is 112 Å². The summed E-state index contributed by atoms with van der Waals surface area (Å²) in [5, 5.41) is 75.7. The van der Waals surface area contributed by atoms with Gasteiger partial charge in [0.1, 0.15) is 94.8 Å². The number of aliphatic hydroxyl groups is 3. The fourth-order valence-corrected chi connectivity index (χ4v) is 21.0. The number of allylic oxidation sites excluding steroid dienone is 3. The van der Waals surface area contributed by atoms with Crippen molar-refractivity contribution in [2.24, 2.45) is 11.7 Å². The normalized spacial score (nSPS) is 26.0. The number of ether oxygens (including phenoxy) is 5. The van der Waals surface area contributed by atoms with E-state index in [1.165, 1.54) is 105 Å². The molecule has 37 nitrogen and oxygen atoms in total. The molecule has 135 heavy (non-hydrogen) atoms. The summed E-state index contributed by atoms with van der Waals surface area (Å²) < 4.78 is 29.7. The molecular formula is C93H126ClN15O22S4. The van der Waals surface area contributed by atoms with E-state index in [4.69, 9.17) is 41.0 Å². The van der Waals surface area contributed by atoms with Gasteiger partial charge in [-0.15, -0.1) is 0 Å². The first-order valence-electron chi connectivity index (χ1n) is 45.2. The molecule has 10 rings (SSSR count). The number of aliphatic hydroxyl groups excluding tert-OH is 2. The van der Waals surface area contributed by atoms with Crippen molar-refractivity contribution in [1.29, 1.82) is 0 Å². The van der Waals surface area contributed by atoms with Gasteiger partial charge < -0.3 is 118 Å². The number of nitrogens with zero attached hydrogens (tertiary/aromatic N) is 2. The highest BCUT2D eigenvalue weighted by Crippen LogP contribution is 2.50. The number of likely N-dealkylation sites (N-methyl/N-ethyl adjacent to an activating group) is 1. The number of aromatic hydroxyl groups is 1. The zero-order chi connectivity index (χ0) is 98.0. The lowest BCUT2D eigenvalue weighted by atomic mass is 9.83. The first-order valence-corrected chi connectivity index (χ1v) is 50.5. The van der Waals surface area contributed by atoms with Crippen LogP contribution < -0.4 is 73.9 Å². The molecule has 736 valence electrons. The number of hydrogen-bond acceptors (Lipinski definition) is 27. The molecule has 3 saturated heterocycles. The van der Waals surface area contributed by atoms with Crippen LogP contribution in [0.1, 0.15) is 134 Å². The van der Waals surface area contributed by atoms with Crippen molar-refractivity contribution in [3.63, 3.8) is 0 Å². The number of nitrogens with one attached hydrogen (secondary N) is 12. The third kappa shape index (κ3) is 30.1. The van der Waals surface area contributed by atoms with Gasteiger partial charge in [-0.3, -0.25) is 53.3 Å². The highest BCUT2D eigenvalue weighted by molar-refractivity contribution is 8.77. The number of aromatic amines is 1. The number of unbranched alkanes of at least 4 members (excludes halogenated alkanes) is 1. The fraction of sp³-hybridized carbons (Fsp3) is 0.538. The number of carbonyl (C=O) groups excluding carboxylic acids is 13. The number of alkyl carbamates (subject to hydrolysis) is 1. The van der Waals surface area contributed by atoms with Gasteiger partial charge in [-0.25, -0.2) is 14.4 Å². The SMILES string of the molecule is COc1cc2cc(c1Cl)N(C)C(=O)C[C@H](OC(=O)[C@H](C)N(C)C(=O)CCSSCCNC(=O)[C@@H](NC(=O)[C@@H]1CSSC[C@H](NC(=O)[C@@H](Cc3ccccc3)NC(=O)NC3CCCCC3)C(=O)N[C@@H](Cc3ccc(O)cc3)C(=O)N[C@H](Cc3c[nH]c4ccccc34)C(=O)N[C@@H](CCCCN)C(=O)N[C@@H]([C@@H](C)O)C(=O)N1)[C@@H](C)O)[C@]1(C)O[C@H]1[C@H](C)[C@@H]1C[C@@](O)(NC(=O)O1)[C@H](OC)/C=C/C=C(\C)C2. The highest BCUT2D eigenvalue weighted by atomic mass is 35.5. The molecule has 4 aliphatic heterocycles. The number of phenols is 1. The van der Waals surface area contributed by atoms with Gasteiger partial charge in [0.2, 0.25) is 59.1 Å². The van der Waals surface area contributed by atoms with Gasteiger partial charge >= 0.3 is 18.1 Å². The summed E-state index contributed by atoms with van der Waals surface area (Å²) in [6.07, 6.45) is 2.38. The number of urea groups is 1. The number of nitrogens with two attached hydrogens (primary N) is 1. The van der Waals surface area contributed by atoms with Gasteiger partial charge in [-0.2, -0.15) is 0 Å². The van der Waals surface area contributed by atoms with Crippen molar-refractivity contribution in [2.75, 3.05) is 69.3 Å². The van der Waals surface area contributed by atoms with Crippen molar-refractivity contribution in [1.82, 2.24) is 68.4 Å². The first-order chi connectivity index (χ1) is 64.4. The number of benzene rings is 4. The molecular weight excluding hydrogens is 1840 g/mol. The number of rotatable bonds is 31. The van der Waals surface area contributed by atoms with Crippen LogP contribution >= 0.6 is 54.8 Å². The molecule has 0 radical (unpaired) electrons. The molecule has 0 spiro atoms. The number of para-hydroxylation sites is 1. The third-order valence-corrected chi connectivity index (χ3v) is 29.8. The first kappa shape index (κ1) is 107. The molecule has 5 heterocycles. The zero-order valence-corrected chi connectivity index (χ0v) is 81.3. The number of anilines is 1. The van der Waals surface area contributed by atoms with Crippen LogP contribution in [-0.4, -0.2) is 280 Å². The minimum Gasteiger partial charge on any atom is -0.508 e. The van der Waals surface area contributed by atoms with Crippen molar-refractivity contribution in [3.8, 4) is 11.5 Å². The number of esters is 1. The molecule has 1 aromatic heterocycles. The largest absolute Gasteiger partial charge is 0.508 e. The van der Waals surface area contributed by atoms with Crippen molar-refractivity contribution >= 4 is 149 Å². The Balaban J connectivity index is 0.831. The molecule has 13 amide bonds. The fourth-order valence-electron chi connectivity index (χ4n) is 16.5. The third-order valence-electron chi connectivity index (χ3n) is 24.6. The number of hydrogen-bond donors (Lipinski definition) is 17. The minimum atomic E-state index is -1.94. The molecule has 4 bridgehead atoms. The molecule has 5 aromatic rings. The second kappa shape index (κ2) is 50.6. The summed E-state index contributed by atoms with van der Waals surface area (Å²) in [4.78, 5) is 195. The second-order valence-electron chi connectivity index (χ2n) is 34.8. The Hall–Kier alpha value is -10.3. The van der Waals surface area contributed by atoms with E-state index >= 15 is 19.2 Å². The van der Waals surface area contributed by atoms with Crippen LogP contribution in [-0.2, 0) is 97.4 Å². The molecule has 18 N–H and O–H groups in total. The quantitative estimate of drug-likeness (QED) is 0.0120. The van der Waals surface area contributed by atoms with Gasteiger partial charge in [-0.1, -0.05) is 165 Å². The Morgan fingerprint density at radius 2 is 1.46 bits per heavy atom. The molecule has 1 aliphatic carbocycles. The summed E-state index contributed by atoms with van der Waals surface area (Å²) in [6.45, 7) is 9.29. The number of amides is 13. The lowest BCUT2D eigenvalue weighted by molar-refractivity contribution is -0.162. The van der Waals surface area contributed by atoms with Crippen molar-refractivity contribution in [2.45, 2.75) is 246 Å². The van der Waals surface area contributed by atoms with E-state index in [0.717, 1.165) is 64.8 Å². The Bertz CT molecular complexity index is 5040. The predicted molar refractivity (Wildman–Crippen MR) is 514 cm³/mol. The van der Waals surface area contributed by atoms with Gasteiger partial charge in [0.25, 0.3) is 0 Å². The maximum absolute atomic E-state index is 15.4. The maximum atomic E-state index is 15.4. The van der Waals surface area contributed by atoms with Crippen LogP contribution in [0.2, 0.25) is 5.02 Å². The Morgan fingerprint density at radius 3 is 2.16 bits per heavy atom. The van der Waals surface area contributed by atoms with E-state index < -0.39 is 198 Å². The lowest BCUT2D eigenvalue weighted by Gasteiger charge is -2.42. The molecule has 0 unspecified atom stereocenters. The number of fused-ring (bicyclic) bond motifs is 6. The Labute approximate surface area is 805 Å². The number of epoxide rings is 1. The maximum Gasteiger partial charge on any atom is 0.409 e. The highest BCUT2D eigenvalue weighted by Gasteiger charge is 2.65. The number of halogens is 1. The second-order valence-corrected chi connectivity index (χ2v) is 40.5. The van der Waals surface area contributed by atoms with Crippen LogP contribution in [0.5, 0.6) is 11.5 Å². The number of H-pyrrole nitrogens is 1. The molecule has 1 saturated carbocycles. The summed E-state index contributed by atoms with van der Waals surface area (Å²) in [5.41, 5.74) is 6.80. The van der Waals surface area contributed by atoms with E-state index in [2.05, 4.69) is 63.5 Å². The van der Waals surface area contributed by atoms with Crippen molar-refractivity contribution < 1.29 is 106 Å². The molecule has 42 heteroatoms. The number of phenolic OH excluding ortho intramolecular Hbond substituents is 1. The monoisotopic (exact) mass is 1970 g/mol. The van der Waals surface area contributed by atoms with Crippen LogP contribution in [0.25, 0.3) is 10.9 Å². The standard InChI is InChI=1S/C93H126ClN15O22S4/c1-51-22-21-30-73(128-10)93(126)47-72(129-91(125)107-93)52(2)80-92(6,131-80)74(46-76(114)109(8)70-43-58(40-51)44-71(127-9)77(70)94)130-89(123)53(3)108(7)75(113)35-38-132-133-39-37-96-87(121)78(54(4)110)105-86(120)69-50-135-134-49-68(102-83(117)66(41-56-23-13-11-14-24-56)104-90(124)98-60-25-15-12-16-26-60)85(119)100-65(42-57-31-33-61(112)34-32-57)82(116)101-67(45-59-48-97-63-28-18-17-27-62(59)63)84(118)99-64(29-19-20-36-95)81(115)106-79(55(5)111)88(122)103-69/h11,13-14,17-18,21-24,27-28,30-34,43-44,48,52-55,60,64-69,72-74,78-80,97,110-112,126H,12,15-16,19-20,25-26,29,35-42,45-47,49-50,95H2,1-10H3,(H,96,121)(H,99,118)(H,100,119)(H,101,116)(H,102,117)(H,103,122)(H,105,120)(H,106,115)(H,107,125)(H2,98,104,124)/b30-21+,51-22+/t52-,53+,54-,55-,64+,65+,66-,67-,68+,69+,72+,73-,74+,78+,79+,80+,92+,93+/m1/s1. The number of carbonyl (C=O) groups is 13. The summed E-state index contributed by atoms with van der Waals surface area (Å²) in [7, 11) is 10.1. The van der Waals surface area contributed by atoms with E-state index in [1.54, 1.807) is 92.9 Å². The van der Waals surface area contributed by atoms with Crippen LogP contribution in [0, 0.1) is 5.92 Å². The van der Waals surface area contributed by atoms with Crippen LogP contribution in [0.4, 0.5) is 15.3 Å². The van der Waals surface area contributed by atoms with E-state index in [1.807, 2.05) is 19.1 Å². The number of methoxy groups -OCH3 is 2. The molecule has 4 aromatic carbocycles. The predicted octanol–water partition coefficient (Wildman–Crippen LogP) is 5.00. The lowest BCUT2D eigenvalue weighted by Crippen LogP contribution is -2.63. The average molecular weight is 1970 g/mol. The van der Waals surface area contributed by atoms with Gasteiger partial charge in [0.05, 0.1) is 37.5 Å². The summed E-state index contributed by atoms with van der Waals surface area (Å²) >= 11 is 6.90. The van der Waals surface area contributed by atoms with Crippen LogP contribution in [0.15, 0.2) is 121 Å². The topological polar surface area (TPSA) is 533 Å². The summed E-state index contributed by atoms with van der Waals surface area (Å²) in [6, 6.07) is 10.6. The van der Waals surface area contributed by atoms with E-state index in [-0.39, 0.29) is 97.9 Å². The van der Waals surface area contributed by atoms with Gasteiger partial charge in [-0.05, 0) is 132 Å². The summed E-state index contributed by atoms with van der Waals surface area (Å²) in [5.74, 6) is -10.3. The Morgan fingerprint density at radius 1 is 0.785 bits per heavy atom.